The molecule has 1 amide bonds. The predicted octanol–water partition coefficient (Wildman–Crippen LogP) is 4.58. The number of ether oxygens (including phenoxy) is 1. The number of thiazole rings is 1. The maximum absolute atomic E-state index is 12.2. The number of carbonyl (C=O) groups is 1. The minimum atomic E-state index is -0.121. The summed E-state index contributed by atoms with van der Waals surface area (Å²) >= 11 is 7.55. The van der Waals surface area contributed by atoms with Crippen LogP contribution in [0.2, 0.25) is 5.02 Å². The van der Waals surface area contributed by atoms with Crippen molar-refractivity contribution < 1.29 is 9.53 Å². The van der Waals surface area contributed by atoms with Crippen LogP contribution in [0.25, 0.3) is 0 Å². The zero-order valence-corrected chi connectivity index (χ0v) is 15.2. The Kier molecular flexibility index (Phi) is 5.68. The molecule has 0 saturated carbocycles. The van der Waals surface area contributed by atoms with E-state index in [0.717, 1.165) is 16.3 Å². The van der Waals surface area contributed by atoms with E-state index >= 15 is 0 Å². The molecular weight excluding hydrogens is 356 g/mol. The number of nitrogens with zero attached hydrogens (tertiary/aromatic N) is 1. The number of benzene rings is 2. The first-order valence-corrected chi connectivity index (χ1v) is 9.00. The minimum Gasteiger partial charge on any atom is -0.495 e. The fourth-order valence-electron chi connectivity index (χ4n) is 2.44. The second kappa shape index (κ2) is 8.14. The molecular formula is C19H17ClN2O2S. The molecule has 0 saturated heterocycles. The first-order valence-electron chi connectivity index (χ1n) is 7.74. The Labute approximate surface area is 155 Å². The van der Waals surface area contributed by atoms with Crippen LogP contribution < -0.4 is 10.1 Å². The average Bonchev–Trinajstić information content (AvgIpc) is 3.02. The summed E-state index contributed by atoms with van der Waals surface area (Å²) in [5.41, 5.74) is 2.52. The van der Waals surface area contributed by atoms with Crippen molar-refractivity contribution in [2.24, 2.45) is 0 Å². The summed E-state index contributed by atoms with van der Waals surface area (Å²) in [4.78, 5) is 16.8. The third-order valence-electron chi connectivity index (χ3n) is 3.57. The summed E-state index contributed by atoms with van der Waals surface area (Å²) < 4.78 is 5.24. The third kappa shape index (κ3) is 4.81. The predicted molar refractivity (Wildman–Crippen MR) is 102 cm³/mol. The fraction of sp³-hybridized carbons (Fsp3) is 0.158. The van der Waals surface area contributed by atoms with Crippen molar-refractivity contribution in [2.75, 3.05) is 12.4 Å². The molecule has 4 nitrogen and oxygen atoms in total. The number of methoxy groups -OCH3 is 1. The SMILES string of the molecule is COc1ccccc1NC(=O)Cc1csc(Cc2cccc(Cl)c2)n1. The van der Waals surface area contributed by atoms with E-state index in [1.807, 2.05) is 53.9 Å². The van der Waals surface area contributed by atoms with Crippen LogP contribution in [0, 0.1) is 0 Å². The van der Waals surface area contributed by atoms with Crippen molar-refractivity contribution in [3.63, 3.8) is 0 Å². The third-order valence-corrected chi connectivity index (χ3v) is 4.70. The normalized spacial score (nSPS) is 10.5. The van der Waals surface area contributed by atoms with Crippen LogP contribution in [0.4, 0.5) is 5.69 Å². The highest BCUT2D eigenvalue weighted by atomic mass is 35.5. The number of hydrogen-bond acceptors (Lipinski definition) is 4. The Bertz CT molecular complexity index is 879. The first kappa shape index (κ1) is 17.5. The molecule has 3 rings (SSSR count). The standard InChI is InChI=1S/C19H17ClN2O2S/c1-24-17-8-3-2-7-16(17)22-18(23)11-15-12-25-19(21-15)10-13-5-4-6-14(20)9-13/h2-9,12H,10-11H2,1H3,(H,22,23). The van der Waals surface area contributed by atoms with Crippen LogP contribution in [-0.4, -0.2) is 18.0 Å². The zero-order valence-electron chi connectivity index (χ0n) is 13.7. The Morgan fingerprint density at radius 3 is 2.88 bits per heavy atom. The highest BCUT2D eigenvalue weighted by Crippen LogP contribution is 2.23. The average molecular weight is 373 g/mol. The minimum absolute atomic E-state index is 0.121. The van der Waals surface area contributed by atoms with E-state index < -0.39 is 0 Å². The van der Waals surface area contributed by atoms with Crippen molar-refractivity contribution in [3.8, 4) is 5.75 Å². The molecule has 0 radical (unpaired) electrons. The Morgan fingerprint density at radius 2 is 2.08 bits per heavy atom. The summed E-state index contributed by atoms with van der Waals surface area (Å²) in [6.07, 6.45) is 0.934. The van der Waals surface area contributed by atoms with Crippen molar-refractivity contribution in [2.45, 2.75) is 12.8 Å². The number of rotatable bonds is 6. The van der Waals surface area contributed by atoms with Gasteiger partial charge in [-0.05, 0) is 29.8 Å². The fourth-order valence-corrected chi connectivity index (χ4v) is 3.48. The van der Waals surface area contributed by atoms with Gasteiger partial charge in [-0.3, -0.25) is 4.79 Å². The van der Waals surface area contributed by atoms with Gasteiger partial charge in [0.05, 0.1) is 29.9 Å². The number of halogens is 1. The highest BCUT2D eigenvalue weighted by molar-refractivity contribution is 7.09. The summed E-state index contributed by atoms with van der Waals surface area (Å²) in [5.74, 6) is 0.514. The number of carbonyl (C=O) groups excluding carboxylic acids is 1. The number of aromatic nitrogens is 1. The van der Waals surface area contributed by atoms with Crippen LogP contribution in [0.3, 0.4) is 0 Å². The van der Waals surface area contributed by atoms with Crippen LogP contribution in [0.15, 0.2) is 53.9 Å². The lowest BCUT2D eigenvalue weighted by molar-refractivity contribution is -0.115. The van der Waals surface area contributed by atoms with Gasteiger partial charge in [0.1, 0.15) is 5.75 Å². The number of hydrogen-bond donors (Lipinski definition) is 1. The smallest absolute Gasteiger partial charge is 0.230 e. The lowest BCUT2D eigenvalue weighted by Crippen LogP contribution is -2.15. The lowest BCUT2D eigenvalue weighted by Gasteiger charge is -2.09. The van der Waals surface area contributed by atoms with Crippen molar-refractivity contribution in [1.82, 2.24) is 4.98 Å². The molecule has 0 bridgehead atoms. The van der Waals surface area contributed by atoms with Crippen molar-refractivity contribution >= 4 is 34.5 Å². The zero-order chi connectivity index (χ0) is 17.6. The van der Waals surface area contributed by atoms with Gasteiger partial charge in [-0.1, -0.05) is 35.9 Å². The highest BCUT2D eigenvalue weighted by Gasteiger charge is 2.11. The first-order chi connectivity index (χ1) is 12.1. The molecule has 25 heavy (non-hydrogen) atoms. The molecule has 0 spiro atoms. The molecule has 6 heteroatoms. The van der Waals surface area contributed by atoms with Gasteiger partial charge in [0.25, 0.3) is 0 Å². The molecule has 0 aliphatic heterocycles. The van der Waals surface area contributed by atoms with E-state index in [2.05, 4.69) is 10.3 Å². The molecule has 0 atom stereocenters. The largest absolute Gasteiger partial charge is 0.495 e. The summed E-state index contributed by atoms with van der Waals surface area (Å²) in [6, 6.07) is 15.0. The van der Waals surface area contributed by atoms with Crippen LogP contribution in [-0.2, 0) is 17.6 Å². The van der Waals surface area contributed by atoms with Gasteiger partial charge in [-0.15, -0.1) is 11.3 Å². The Morgan fingerprint density at radius 1 is 1.24 bits per heavy atom. The number of para-hydroxylation sites is 2. The van der Waals surface area contributed by atoms with E-state index in [9.17, 15) is 4.79 Å². The Hall–Kier alpha value is -2.37. The van der Waals surface area contributed by atoms with Crippen molar-refractivity contribution in [1.29, 1.82) is 0 Å². The van der Waals surface area contributed by atoms with Gasteiger partial charge >= 0.3 is 0 Å². The molecule has 3 aromatic rings. The van der Waals surface area contributed by atoms with Gasteiger partial charge < -0.3 is 10.1 Å². The summed E-state index contributed by atoms with van der Waals surface area (Å²) in [5, 5.41) is 6.45. The molecule has 0 aliphatic carbocycles. The number of amides is 1. The monoisotopic (exact) mass is 372 g/mol. The number of anilines is 1. The van der Waals surface area contributed by atoms with Gasteiger partial charge in [0.2, 0.25) is 5.91 Å². The second-order valence-electron chi connectivity index (χ2n) is 5.46. The van der Waals surface area contributed by atoms with Gasteiger partial charge in [-0.25, -0.2) is 4.98 Å². The van der Waals surface area contributed by atoms with Gasteiger partial charge in [-0.2, -0.15) is 0 Å². The van der Waals surface area contributed by atoms with E-state index in [4.69, 9.17) is 16.3 Å². The van der Waals surface area contributed by atoms with E-state index in [0.29, 0.717) is 22.9 Å². The number of nitrogens with one attached hydrogen (secondary N) is 1. The van der Waals surface area contributed by atoms with Gasteiger partial charge in [0, 0.05) is 16.8 Å². The van der Waals surface area contributed by atoms with Crippen LogP contribution >= 0.6 is 22.9 Å². The molecule has 1 heterocycles. The maximum atomic E-state index is 12.2. The van der Waals surface area contributed by atoms with Crippen LogP contribution in [0.1, 0.15) is 16.3 Å². The summed E-state index contributed by atoms with van der Waals surface area (Å²) in [6.45, 7) is 0. The summed E-state index contributed by atoms with van der Waals surface area (Å²) in [7, 11) is 1.58. The molecule has 0 unspecified atom stereocenters. The van der Waals surface area contributed by atoms with Crippen molar-refractivity contribution in [3.05, 3.63) is 75.2 Å². The Balaban J connectivity index is 1.62. The van der Waals surface area contributed by atoms with Crippen LogP contribution in [0.5, 0.6) is 5.75 Å². The van der Waals surface area contributed by atoms with Gasteiger partial charge in [0.15, 0.2) is 0 Å². The molecule has 0 aliphatic rings. The molecule has 128 valence electrons. The lowest BCUT2D eigenvalue weighted by atomic mass is 10.2. The molecule has 2 aromatic carbocycles. The van der Waals surface area contributed by atoms with E-state index in [1.54, 1.807) is 18.4 Å². The van der Waals surface area contributed by atoms with E-state index in [-0.39, 0.29) is 12.3 Å². The van der Waals surface area contributed by atoms with E-state index in [1.165, 1.54) is 0 Å². The second-order valence-corrected chi connectivity index (χ2v) is 6.84. The quantitative estimate of drug-likeness (QED) is 0.689. The molecule has 1 N–H and O–H groups in total. The topological polar surface area (TPSA) is 51.2 Å². The molecule has 0 fully saturated rings. The molecule has 1 aromatic heterocycles. The maximum Gasteiger partial charge on any atom is 0.230 e.